The molecule has 0 heterocycles. The second-order valence-corrected chi connectivity index (χ2v) is 12.6. The molecule has 43 heavy (non-hydrogen) atoms. The van der Waals surface area contributed by atoms with Crippen LogP contribution < -0.4 is 9.62 Å². The molecule has 4 aromatic carbocycles. The number of carbonyl (C=O) groups excluding carboxylic acids is 2. The summed E-state index contributed by atoms with van der Waals surface area (Å²) in [4.78, 5) is 29.3. The van der Waals surface area contributed by atoms with Crippen LogP contribution in [0.15, 0.2) is 114 Å². The van der Waals surface area contributed by atoms with Crippen molar-refractivity contribution in [1.82, 2.24) is 10.2 Å². The Morgan fingerprint density at radius 1 is 0.837 bits per heavy atom. The molecule has 0 fully saturated rings. The lowest BCUT2D eigenvalue weighted by molar-refractivity contribution is -0.140. The topological polar surface area (TPSA) is 86.8 Å². The molecular weight excluding hydrogens is 589 g/mol. The second-order valence-electron chi connectivity index (χ2n) is 10.3. The van der Waals surface area contributed by atoms with Gasteiger partial charge in [0.25, 0.3) is 10.0 Å². The van der Waals surface area contributed by atoms with Crippen LogP contribution >= 0.6 is 11.6 Å². The summed E-state index contributed by atoms with van der Waals surface area (Å²) in [6, 6.07) is 27.6. The van der Waals surface area contributed by atoms with Crippen LogP contribution in [0.2, 0.25) is 5.02 Å². The highest BCUT2D eigenvalue weighted by atomic mass is 35.5. The predicted octanol–water partition coefficient (Wildman–Crippen LogP) is 5.84. The number of anilines is 1. The van der Waals surface area contributed by atoms with Crippen molar-refractivity contribution in [2.45, 2.75) is 43.8 Å². The quantitative estimate of drug-likeness (QED) is 0.215. The summed E-state index contributed by atoms with van der Waals surface area (Å²) in [5, 5.41) is 3.19. The highest BCUT2D eigenvalue weighted by molar-refractivity contribution is 7.92. The Morgan fingerprint density at radius 2 is 1.47 bits per heavy atom. The van der Waals surface area contributed by atoms with Crippen LogP contribution in [0.3, 0.4) is 0 Å². The Bertz CT molecular complexity index is 1640. The maximum Gasteiger partial charge on any atom is 0.264 e. The molecule has 0 aliphatic rings. The van der Waals surface area contributed by atoms with Crippen molar-refractivity contribution in [3.8, 4) is 0 Å². The molecule has 10 heteroatoms. The van der Waals surface area contributed by atoms with Crippen LogP contribution in [-0.2, 0) is 32.6 Å². The lowest BCUT2D eigenvalue weighted by atomic mass is 10.0. The fourth-order valence-corrected chi connectivity index (χ4v) is 6.21. The predicted molar refractivity (Wildman–Crippen MR) is 167 cm³/mol. The molecule has 1 atom stereocenters. The third-order valence-electron chi connectivity index (χ3n) is 6.67. The Hall–Kier alpha value is -4.21. The first kappa shape index (κ1) is 31.7. The van der Waals surface area contributed by atoms with E-state index in [1.54, 1.807) is 36.4 Å². The van der Waals surface area contributed by atoms with Crippen molar-refractivity contribution >= 4 is 39.1 Å². The highest BCUT2D eigenvalue weighted by Gasteiger charge is 2.34. The fourth-order valence-electron chi connectivity index (χ4n) is 4.60. The van der Waals surface area contributed by atoms with E-state index in [9.17, 15) is 22.4 Å². The van der Waals surface area contributed by atoms with Crippen molar-refractivity contribution in [1.29, 1.82) is 0 Å². The van der Waals surface area contributed by atoms with E-state index in [2.05, 4.69) is 5.32 Å². The van der Waals surface area contributed by atoms with E-state index < -0.39 is 40.2 Å². The number of nitrogens with zero attached hydrogens (tertiary/aromatic N) is 2. The van der Waals surface area contributed by atoms with Crippen molar-refractivity contribution in [3.05, 3.63) is 131 Å². The molecule has 0 aliphatic carbocycles. The van der Waals surface area contributed by atoms with Gasteiger partial charge in [-0.1, -0.05) is 78.3 Å². The summed E-state index contributed by atoms with van der Waals surface area (Å²) in [6.07, 6.45) is 0.176. The second kappa shape index (κ2) is 14.3. The van der Waals surface area contributed by atoms with E-state index in [1.807, 2.05) is 44.2 Å². The molecule has 0 spiro atoms. The number of hydrogen-bond acceptors (Lipinski definition) is 4. The number of halogens is 2. The van der Waals surface area contributed by atoms with E-state index in [-0.39, 0.29) is 29.6 Å². The molecule has 0 aromatic heterocycles. The summed E-state index contributed by atoms with van der Waals surface area (Å²) in [7, 11) is -4.22. The third-order valence-corrected chi connectivity index (χ3v) is 8.70. The molecular formula is C33H33ClFN3O4S. The molecule has 0 bridgehead atoms. The fraction of sp³-hybridized carbons (Fsp3) is 0.212. The number of nitrogens with one attached hydrogen (secondary N) is 1. The van der Waals surface area contributed by atoms with Crippen molar-refractivity contribution < 1.29 is 22.4 Å². The third kappa shape index (κ3) is 8.43. The maximum atomic E-state index is 14.3. The standard InChI is InChI=1S/C33H33ClFN3O4S/c1-24(2)36-33(40)31(20-25-10-5-3-6-11-25)37(22-26-16-18-28(35)19-17-26)32(39)23-38(29-13-9-12-27(34)21-29)43(41,42)30-14-7-4-8-15-30/h3-19,21,24,31H,20,22-23H2,1-2H3,(H,36,40). The van der Waals surface area contributed by atoms with Crippen LogP contribution in [0.4, 0.5) is 10.1 Å². The van der Waals surface area contributed by atoms with Gasteiger partial charge in [-0.25, -0.2) is 12.8 Å². The average molecular weight is 622 g/mol. The zero-order valence-electron chi connectivity index (χ0n) is 23.9. The van der Waals surface area contributed by atoms with Gasteiger partial charge in [-0.15, -0.1) is 0 Å². The van der Waals surface area contributed by atoms with Gasteiger partial charge in [-0.2, -0.15) is 0 Å². The summed E-state index contributed by atoms with van der Waals surface area (Å²) in [5.74, 6) is -1.46. The van der Waals surface area contributed by atoms with E-state index >= 15 is 0 Å². The Kier molecular flexibility index (Phi) is 10.6. The van der Waals surface area contributed by atoms with Crippen LogP contribution in [0.25, 0.3) is 0 Å². The summed E-state index contributed by atoms with van der Waals surface area (Å²) in [6.45, 7) is 2.96. The number of amides is 2. The maximum absolute atomic E-state index is 14.3. The van der Waals surface area contributed by atoms with Gasteiger partial charge >= 0.3 is 0 Å². The Morgan fingerprint density at radius 3 is 2.07 bits per heavy atom. The number of carbonyl (C=O) groups is 2. The molecule has 2 amide bonds. The molecule has 0 saturated heterocycles. The first-order valence-electron chi connectivity index (χ1n) is 13.8. The number of sulfonamides is 1. The SMILES string of the molecule is CC(C)NC(=O)C(Cc1ccccc1)N(Cc1ccc(F)cc1)C(=O)CN(c1cccc(Cl)c1)S(=O)(=O)c1ccccc1. The minimum atomic E-state index is -4.22. The number of benzene rings is 4. The van der Waals surface area contributed by atoms with Gasteiger partial charge in [-0.3, -0.25) is 13.9 Å². The van der Waals surface area contributed by atoms with Crippen molar-refractivity contribution in [2.75, 3.05) is 10.8 Å². The molecule has 0 saturated carbocycles. The van der Waals surface area contributed by atoms with Gasteiger partial charge in [-0.05, 0) is 67.4 Å². The van der Waals surface area contributed by atoms with Gasteiger partial charge in [0.05, 0.1) is 10.6 Å². The number of hydrogen-bond donors (Lipinski definition) is 1. The molecule has 1 unspecified atom stereocenters. The van der Waals surface area contributed by atoms with Crippen LogP contribution in [-0.4, -0.2) is 43.8 Å². The zero-order chi connectivity index (χ0) is 31.0. The summed E-state index contributed by atoms with van der Waals surface area (Å²) in [5.41, 5.74) is 1.58. The first-order valence-corrected chi connectivity index (χ1v) is 15.6. The molecule has 7 nitrogen and oxygen atoms in total. The average Bonchev–Trinajstić information content (AvgIpc) is 2.99. The molecule has 1 N–H and O–H groups in total. The first-order chi connectivity index (χ1) is 20.5. The Balaban J connectivity index is 1.80. The summed E-state index contributed by atoms with van der Waals surface area (Å²) >= 11 is 6.23. The lowest BCUT2D eigenvalue weighted by Gasteiger charge is -2.34. The van der Waals surface area contributed by atoms with E-state index in [0.717, 1.165) is 9.87 Å². The molecule has 0 radical (unpaired) electrons. The van der Waals surface area contributed by atoms with E-state index in [0.29, 0.717) is 10.6 Å². The zero-order valence-corrected chi connectivity index (χ0v) is 25.4. The van der Waals surface area contributed by atoms with Gasteiger partial charge in [0, 0.05) is 24.0 Å². The molecule has 0 aliphatic heterocycles. The summed E-state index contributed by atoms with van der Waals surface area (Å²) < 4.78 is 42.6. The monoisotopic (exact) mass is 621 g/mol. The smallest absolute Gasteiger partial charge is 0.264 e. The number of rotatable bonds is 12. The minimum Gasteiger partial charge on any atom is -0.352 e. The van der Waals surface area contributed by atoms with E-state index in [1.165, 1.54) is 47.4 Å². The van der Waals surface area contributed by atoms with Gasteiger partial charge in [0.1, 0.15) is 18.4 Å². The molecule has 4 aromatic rings. The van der Waals surface area contributed by atoms with Crippen LogP contribution in [0, 0.1) is 5.82 Å². The van der Waals surface area contributed by atoms with Crippen molar-refractivity contribution in [3.63, 3.8) is 0 Å². The Labute approximate surface area is 257 Å². The normalized spacial score (nSPS) is 12.0. The van der Waals surface area contributed by atoms with Crippen LogP contribution in [0.5, 0.6) is 0 Å². The van der Waals surface area contributed by atoms with Crippen molar-refractivity contribution in [2.24, 2.45) is 0 Å². The largest absolute Gasteiger partial charge is 0.352 e. The highest BCUT2D eigenvalue weighted by Crippen LogP contribution is 2.27. The van der Waals surface area contributed by atoms with E-state index in [4.69, 9.17) is 11.6 Å². The van der Waals surface area contributed by atoms with Gasteiger partial charge in [0.15, 0.2) is 0 Å². The lowest BCUT2D eigenvalue weighted by Crippen LogP contribution is -2.54. The van der Waals surface area contributed by atoms with Crippen LogP contribution in [0.1, 0.15) is 25.0 Å². The molecule has 4 rings (SSSR count). The molecule has 224 valence electrons. The van der Waals surface area contributed by atoms with Gasteiger partial charge in [0.2, 0.25) is 11.8 Å². The van der Waals surface area contributed by atoms with Gasteiger partial charge < -0.3 is 10.2 Å². The minimum absolute atomic E-state index is 0.00811.